The minimum absolute atomic E-state index is 0.123. The molecule has 2 aromatic heterocycles. The lowest BCUT2D eigenvalue weighted by Crippen LogP contribution is -2.40. The SMILES string of the molecule is CCOP(=O)(OCC)OC[C@H](CC(C)C)N(C)S(=O)(=O)c1ccc(Cc2nccc3[nH]c(C)nc23)cc1. The zero-order valence-electron chi connectivity index (χ0n) is 22.3. The first-order valence-corrected chi connectivity index (χ1v) is 15.3. The molecule has 204 valence electrons. The molecule has 0 fully saturated rings. The molecule has 12 heteroatoms. The highest BCUT2D eigenvalue weighted by Crippen LogP contribution is 2.49. The molecule has 0 saturated carbocycles. The van der Waals surface area contributed by atoms with Crippen LogP contribution in [0.2, 0.25) is 0 Å². The van der Waals surface area contributed by atoms with Gasteiger partial charge in [0.2, 0.25) is 10.0 Å². The lowest BCUT2D eigenvalue weighted by Gasteiger charge is -2.29. The maximum absolute atomic E-state index is 13.5. The number of rotatable bonds is 14. The van der Waals surface area contributed by atoms with Crippen molar-refractivity contribution < 1.29 is 26.6 Å². The summed E-state index contributed by atoms with van der Waals surface area (Å²) in [7, 11) is -6.11. The molecule has 0 aliphatic carbocycles. The Morgan fingerprint density at radius 1 is 1.05 bits per heavy atom. The topological polar surface area (TPSA) is 124 Å². The fourth-order valence-corrected chi connectivity index (χ4v) is 6.61. The summed E-state index contributed by atoms with van der Waals surface area (Å²) in [6.45, 7) is 9.42. The van der Waals surface area contributed by atoms with Crippen molar-refractivity contribution in [3.8, 4) is 0 Å². The molecule has 1 aromatic carbocycles. The van der Waals surface area contributed by atoms with E-state index in [0.717, 1.165) is 28.1 Å². The summed E-state index contributed by atoms with van der Waals surface area (Å²) < 4.78 is 57.0. The van der Waals surface area contributed by atoms with Gasteiger partial charge in [0.05, 0.1) is 35.9 Å². The van der Waals surface area contributed by atoms with Crippen LogP contribution in [0.5, 0.6) is 0 Å². The minimum Gasteiger partial charge on any atom is -0.342 e. The van der Waals surface area contributed by atoms with Gasteiger partial charge in [0, 0.05) is 25.7 Å². The number of benzene rings is 1. The zero-order valence-corrected chi connectivity index (χ0v) is 24.0. The molecule has 1 atom stereocenters. The van der Waals surface area contributed by atoms with Gasteiger partial charge in [0.15, 0.2) is 0 Å². The molecule has 0 aliphatic rings. The number of phosphoric ester groups is 1. The van der Waals surface area contributed by atoms with Gasteiger partial charge in [-0.05, 0) is 56.9 Å². The fraction of sp³-hybridized carbons (Fsp3) is 0.520. The second-order valence-electron chi connectivity index (χ2n) is 9.18. The molecule has 37 heavy (non-hydrogen) atoms. The molecule has 0 aliphatic heterocycles. The largest absolute Gasteiger partial charge is 0.474 e. The first-order valence-electron chi connectivity index (χ1n) is 12.4. The van der Waals surface area contributed by atoms with Crippen molar-refractivity contribution in [2.45, 2.75) is 58.4 Å². The van der Waals surface area contributed by atoms with Crippen LogP contribution in [0.4, 0.5) is 0 Å². The summed E-state index contributed by atoms with van der Waals surface area (Å²) in [5.74, 6) is 0.987. The van der Waals surface area contributed by atoms with Crippen molar-refractivity contribution in [2.24, 2.45) is 5.92 Å². The average Bonchev–Trinajstić information content (AvgIpc) is 3.23. The Labute approximate surface area is 219 Å². The predicted molar refractivity (Wildman–Crippen MR) is 143 cm³/mol. The fourth-order valence-electron chi connectivity index (χ4n) is 4.05. The highest BCUT2D eigenvalue weighted by Gasteiger charge is 2.33. The Morgan fingerprint density at radius 3 is 2.30 bits per heavy atom. The Kier molecular flexibility index (Phi) is 10.0. The van der Waals surface area contributed by atoms with Crippen molar-refractivity contribution in [3.63, 3.8) is 0 Å². The van der Waals surface area contributed by atoms with E-state index < -0.39 is 23.9 Å². The second kappa shape index (κ2) is 12.6. The van der Waals surface area contributed by atoms with Crippen LogP contribution in [0, 0.1) is 12.8 Å². The quantitative estimate of drug-likeness (QED) is 0.274. The van der Waals surface area contributed by atoms with Gasteiger partial charge in [-0.1, -0.05) is 26.0 Å². The summed E-state index contributed by atoms with van der Waals surface area (Å²) >= 11 is 0. The van der Waals surface area contributed by atoms with E-state index in [1.54, 1.807) is 44.3 Å². The average molecular weight is 553 g/mol. The molecule has 3 aromatic rings. The van der Waals surface area contributed by atoms with Crippen molar-refractivity contribution >= 4 is 28.9 Å². The number of aromatic nitrogens is 3. The van der Waals surface area contributed by atoms with Crippen molar-refractivity contribution in [3.05, 3.63) is 53.6 Å². The number of nitrogens with zero attached hydrogens (tertiary/aromatic N) is 3. The number of imidazole rings is 1. The molecule has 0 spiro atoms. The maximum atomic E-state index is 13.5. The number of nitrogens with one attached hydrogen (secondary N) is 1. The van der Waals surface area contributed by atoms with E-state index >= 15 is 0 Å². The van der Waals surface area contributed by atoms with Crippen LogP contribution >= 0.6 is 7.82 Å². The lowest BCUT2D eigenvalue weighted by atomic mass is 10.1. The third kappa shape index (κ3) is 7.46. The van der Waals surface area contributed by atoms with E-state index in [4.69, 9.17) is 13.6 Å². The number of aryl methyl sites for hydroxylation is 1. The molecule has 3 rings (SSSR count). The summed E-state index contributed by atoms with van der Waals surface area (Å²) in [5, 5.41) is 0. The Morgan fingerprint density at radius 2 is 1.70 bits per heavy atom. The summed E-state index contributed by atoms with van der Waals surface area (Å²) in [6, 6.07) is 8.07. The van der Waals surface area contributed by atoms with E-state index in [1.807, 2.05) is 26.8 Å². The maximum Gasteiger partial charge on any atom is 0.474 e. The van der Waals surface area contributed by atoms with E-state index in [-0.39, 0.29) is 30.6 Å². The monoisotopic (exact) mass is 552 g/mol. The van der Waals surface area contributed by atoms with E-state index in [9.17, 15) is 13.0 Å². The molecular weight excluding hydrogens is 515 g/mol. The number of likely N-dealkylation sites (N-methyl/N-ethyl adjacent to an activating group) is 1. The van der Waals surface area contributed by atoms with Gasteiger partial charge >= 0.3 is 7.82 Å². The molecule has 0 saturated heterocycles. The summed E-state index contributed by atoms with van der Waals surface area (Å²) in [4.78, 5) is 12.3. The minimum atomic E-state index is -3.85. The number of aromatic amines is 1. The molecule has 10 nitrogen and oxygen atoms in total. The molecule has 2 heterocycles. The first kappa shape index (κ1) is 29.4. The van der Waals surface area contributed by atoms with Crippen LogP contribution in [0.15, 0.2) is 41.4 Å². The zero-order chi connectivity index (χ0) is 27.2. The third-order valence-corrected chi connectivity index (χ3v) is 9.36. The smallest absolute Gasteiger partial charge is 0.342 e. The van der Waals surface area contributed by atoms with Crippen LogP contribution < -0.4 is 0 Å². The number of hydrogen-bond donors (Lipinski definition) is 1. The Balaban J connectivity index is 1.78. The number of fused-ring (bicyclic) bond motifs is 1. The van der Waals surface area contributed by atoms with Crippen molar-refractivity contribution in [2.75, 3.05) is 26.9 Å². The summed E-state index contributed by atoms with van der Waals surface area (Å²) in [6.07, 6.45) is 2.76. The number of pyridine rings is 1. The molecule has 0 amide bonds. The van der Waals surface area contributed by atoms with Crippen molar-refractivity contribution in [1.29, 1.82) is 0 Å². The van der Waals surface area contributed by atoms with Crippen molar-refractivity contribution in [1.82, 2.24) is 19.3 Å². The molecular formula is C25H37N4O6PS. The molecule has 1 N–H and O–H groups in total. The second-order valence-corrected chi connectivity index (χ2v) is 12.8. The summed E-state index contributed by atoms with van der Waals surface area (Å²) in [5.41, 5.74) is 3.46. The predicted octanol–water partition coefficient (Wildman–Crippen LogP) is 5.09. The van der Waals surface area contributed by atoms with Gasteiger partial charge in [-0.15, -0.1) is 0 Å². The third-order valence-electron chi connectivity index (χ3n) is 5.82. The first-order chi connectivity index (χ1) is 17.5. The van der Waals surface area contributed by atoms with E-state index in [2.05, 4.69) is 15.0 Å². The van der Waals surface area contributed by atoms with E-state index in [1.165, 1.54) is 11.4 Å². The van der Waals surface area contributed by atoms with Crippen LogP contribution in [0.1, 0.15) is 51.2 Å². The number of phosphoric acid groups is 1. The van der Waals surface area contributed by atoms with Crippen LogP contribution in [0.25, 0.3) is 11.0 Å². The van der Waals surface area contributed by atoms with Crippen LogP contribution in [-0.2, 0) is 34.6 Å². The normalized spacial score (nSPS) is 13.6. The van der Waals surface area contributed by atoms with Crippen LogP contribution in [0.3, 0.4) is 0 Å². The van der Waals surface area contributed by atoms with E-state index in [0.29, 0.717) is 12.8 Å². The van der Waals surface area contributed by atoms with Gasteiger partial charge in [0.1, 0.15) is 11.3 Å². The highest BCUT2D eigenvalue weighted by atomic mass is 32.2. The highest BCUT2D eigenvalue weighted by molar-refractivity contribution is 7.89. The molecule has 0 bridgehead atoms. The lowest BCUT2D eigenvalue weighted by molar-refractivity contribution is 0.0993. The Bertz CT molecular complexity index is 1320. The Hall–Kier alpha value is -2.14. The molecule has 0 unspecified atom stereocenters. The van der Waals surface area contributed by atoms with Gasteiger partial charge in [-0.2, -0.15) is 4.31 Å². The number of sulfonamides is 1. The van der Waals surface area contributed by atoms with Crippen LogP contribution in [-0.4, -0.2) is 60.6 Å². The molecule has 0 radical (unpaired) electrons. The van der Waals surface area contributed by atoms with Gasteiger partial charge < -0.3 is 4.98 Å². The van der Waals surface area contributed by atoms with Gasteiger partial charge in [-0.3, -0.25) is 18.6 Å². The van der Waals surface area contributed by atoms with Gasteiger partial charge in [-0.25, -0.2) is 18.0 Å². The van der Waals surface area contributed by atoms with Gasteiger partial charge in [0.25, 0.3) is 0 Å². The standard InChI is InChI=1S/C25H37N4O6PS/c1-7-33-36(30,34-8-2)35-17-21(15-18(3)4)29(6)37(31,32)22-11-9-20(10-12-22)16-24-25-23(13-14-26-24)27-19(5)28-25/h9-14,18,21H,7-8,15-17H2,1-6H3,(H,27,28)/t21-/m0/s1. The number of H-pyrrole nitrogens is 1. The number of hydrogen-bond acceptors (Lipinski definition) is 8.